The topological polar surface area (TPSA) is 84.4 Å². The monoisotopic (exact) mass is 266 g/mol. The molecule has 0 saturated carbocycles. The van der Waals surface area contributed by atoms with Gasteiger partial charge < -0.3 is 10.3 Å². The molecule has 106 valence electrons. The molecule has 0 aliphatic carbocycles. The van der Waals surface area contributed by atoms with Crippen LogP contribution in [-0.2, 0) is 6.54 Å². The van der Waals surface area contributed by atoms with Crippen LogP contribution in [0, 0.1) is 15.5 Å². The Morgan fingerprint density at radius 2 is 2.05 bits per heavy atom. The molecule has 19 heavy (non-hydrogen) atoms. The Balaban J connectivity index is 2.91. The Kier molecular flexibility index (Phi) is 4.85. The summed E-state index contributed by atoms with van der Waals surface area (Å²) in [6.45, 7) is 7.95. The smallest absolute Gasteiger partial charge is 0.269 e. The van der Waals surface area contributed by atoms with Gasteiger partial charge in [0.2, 0.25) is 0 Å². The van der Waals surface area contributed by atoms with Crippen LogP contribution >= 0.6 is 0 Å². The normalized spacial score (nSPS) is 11.7. The number of nitro benzene ring substituents is 1. The minimum Gasteiger partial charge on any atom is -0.324 e. The number of nitro groups is 1. The zero-order chi connectivity index (χ0) is 14.6. The summed E-state index contributed by atoms with van der Waals surface area (Å²) in [6, 6.07) is 4.65. The molecular weight excluding hydrogens is 244 g/mol. The van der Waals surface area contributed by atoms with Crippen molar-refractivity contribution in [2.75, 3.05) is 19.0 Å². The number of nitrogens with one attached hydrogen (secondary N) is 1. The van der Waals surface area contributed by atoms with Gasteiger partial charge in [0.25, 0.3) is 5.69 Å². The number of anilines is 1. The largest absolute Gasteiger partial charge is 0.324 e. The first-order valence-electron chi connectivity index (χ1n) is 6.15. The first kappa shape index (κ1) is 15.4. The molecule has 0 aromatic heterocycles. The van der Waals surface area contributed by atoms with Crippen molar-refractivity contribution in [1.82, 2.24) is 4.90 Å². The van der Waals surface area contributed by atoms with Crippen LogP contribution in [0.15, 0.2) is 18.2 Å². The standard InChI is InChI=1S/C13H22N4O2/c1-13(2,3)9-16(4)8-10-7-11(17(18)19)5-6-12(10)15-14/h5-7,15H,8-9,14H2,1-4H3. The highest BCUT2D eigenvalue weighted by Gasteiger charge is 2.16. The van der Waals surface area contributed by atoms with Crippen molar-refractivity contribution in [2.45, 2.75) is 27.3 Å². The lowest BCUT2D eigenvalue weighted by Gasteiger charge is -2.27. The van der Waals surface area contributed by atoms with Gasteiger partial charge in [0.1, 0.15) is 0 Å². The number of nitrogen functional groups attached to an aromatic ring is 1. The summed E-state index contributed by atoms with van der Waals surface area (Å²) in [7, 11) is 1.99. The summed E-state index contributed by atoms with van der Waals surface area (Å²) in [5, 5.41) is 10.8. The van der Waals surface area contributed by atoms with Gasteiger partial charge in [0.15, 0.2) is 0 Å². The molecule has 1 rings (SSSR count). The Labute approximate surface area is 113 Å². The molecule has 0 heterocycles. The predicted molar refractivity (Wildman–Crippen MR) is 76.7 cm³/mol. The lowest BCUT2D eigenvalue weighted by Crippen LogP contribution is -2.29. The molecule has 0 spiro atoms. The second-order valence-electron chi connectivity index (χ2n) is 5.98. The van der Waals surface area contributed by atoms with Crippen LogP contribution in [0.4, 0.5) is 11.4 Å². The average molecular weight is 266 g/mol. The van der Waals surface area contributed by atoms with E-state index in [-0.39, 0.29) is 11.1 Å². The summed E-state index contributed by atoms with van der Waals surface area (Å²) in [6.07, 6.45) is 0. The summed E-state index contributed by atoms with van der Waals surface area (Å²) in [5.74, 6) is 5.44. The van der Waals surface area contributed by atoms with Crippen molar-refractivity contribution in [1.29, 1.82) is 0 Å². The van der Waals surface area contributed by atoms with Crippen LogP contribution in [0.25, 0.3) is 0 Å². The first-order chi connectivity index (χ1) is 8.73. The van der Waals surface area contributed by atoms with Gasteiger partial charge in [-0.15, -0.1) is 0 Å². The Morgan fingerprint density at radius 3 is 2.53 bits per heavy atom. The van der Waals surface area contributed by atoms with Crippen molar-refractivity contribution in [3.8, 4) is 0 Å². The van der Waals surface area contributed by atoms with Crippen LogP contribution in [0.1, 0.15) is 26.3 Å². The molecule has 0 saturated heterocycles. The van der Waals surface area contributed by atoms with E-state index in [1.807, 2.05) is 7.05 Å². The van der Waals surface area contributed by atoms with Crippen molar-refractivity contribution in [3.05, 3.63) is 33.9 Å². The maximum Gasteiger partial charge on any atom is 0.269 e. The third kappa shape index (κ3) is 4.84. The molecule has 0 unspecified atom stereocenters. The van der Waals surface area contributed by atoms with Crippen LogP contribution in [0.3, 0.4) is 0 Å². The van der Waals surface area contributed by atoms with Gasteiger partial charge in [-0.3, -0.25) is 16.0 Å². The lowest BCUT2D eigenvalue weighted by atomic mass is 9.96. The van der Waals surface area contributed by atoms with Crippen molar-refractivity contribution in [3.63, 3.8) is 0 Å². The maximum atomic E-state index is 10.8. The molecule has 6 heteroatoms. The van der Waals surface area contributed by atoms with E-state index in [9.17, 15) is 10.1 Å². The van der Waals surface area contributed by atoms with Crippen LogP contribution in [-0.4, -0.2) is 23.4 Å². The van der Waals surface area contributed by atoms with Gasteiger partial charge in [-0.1, -0.05) is 20.8 Å². The van der Waals surface area contributed by atoms with E-state index < -0.39 is 4.92 Å². The van der Waals surface area contributed by atoms with Gasteiger partial charge in [0, 0.05) is 25.2 Å². The van der Waals surface area contributed by atoms with E-state index in [4.69, 9.17) is 5.84 Å². The molecule has 0 fully saturated rings. The molecule has 0 aliphatic heterocycles. The fourth-order valence-electron chi connectivity index (χ4n) is 2.12. The van der Waals surface area contributed by atoms with Crippen molar-refractivity contribution < 1.29 is 4.92 Å². The van der Waals surface area contributed by atoms with Gasteiger partial charge in [0.05, 0.1) is 10.6 Å². The van der Waals surface area contributed by atoms with E-state index in [2.05, 4.69) is 31.1 Å². The zero-order valence-corrected chi connectivity index (χ0v) is 11.9. The Morgan fingerprint density at radius 1 is 1.42 bits per heavy atom. The van der Waals surface area contributed by atoms with Crippen LogP contribution < -0.4 is 11.3 Å². The molecule has 0 radical (unpaired) electrons. The Bertz CT molecular complexity index is 454. The first-order valence-corrected chi connectivity index (χ1v) is 6.15. The zero-order valence-electron chi connectivity index (χ0n) is 11.9. The highest BCUT2D eigenvalue weighted by Crippen LogP contribution is 2.24. The lowest BCUT2D eigenvalue weighted by molar-refractivity contribution is -0.384. The highest BCUT2D eigenvalue weighted by molar-refractivity contribution is 5.55. The second kappa shape index (κ2) is 5.99. The van der Waals surface area contributed by atoms with E-state index in [1.54, 1.807) is 12.1 Å². The third-order valence-corrected chi connectivity index (χ3v) is 2.64. The number of hydrogen-bond acceptors (Lipinski definition) is 5. The summed E-state index contributed by atoms with van der Waals surface area (Å²) < 4.78 is 0. The number of hydrazine groups is 1. The molecule has 0 aliphatic rings. The molecule has 0 bridgehead atoms. The van der Waals surface area contributed by atoms with Crippen LogP contribution in [0.5, 0.6) is 0 Å². The number of benzene rings is 1. The van der Waals surface area contributed by atoms with Crippen molar-refractivity contribution in [2.24, 2.45) is 11.3 Å². The van der Waals surface area contributed by atoms with Crippen molar-refractivity contribution >= 4 is 11.4 Å². The number of rotatable bonds is 5. The molecular formula is C13H22N4O2. The fraction of sp³-hybridized carbons (Fsp3) is 0.538. The predicted octanol–water partition coefficient (Wildman–Crippen LogP) is 2.36. The molecule has 0 atom stereocenters. The SMILES string of the molecule is CN(Cc1cc([N+](=O)[O-])ccc1NN)CC(C)(C)C. The molecule has 0 amide bonds. The third-order valence-electron chi connectivity index (χ3n) is 2.64. The minimum absolute atomic E-state index is 0.0816. The van der Waals surface area contributed by atoms with E-state index in [0.717, 1.165) is 12.1 Å². The minimum atomic E-state index is -0.395. The Hall–Kier alpha value is -1.66. The maximum absolute atomic E-state index is 10.8. The number of non-ortho nitro benzene ring substituents is 1. The average Bonchev–Trinajstić information content (AvgIpc) is 2.26. The summed E-state index contributed by atoms with van der Waals surface area (Å²) in [4.78, 5) is 12.5. The summed E-state index contributed by atoms with van der Waals surface area (Å²) in [5.41, 5.74) is 4.37. The number of hydrogen-bond donors (Lipinski definition) is 2. The quantitative estimate of drug-likeness (QED) is 0.485. The van der Waals surface area contributed by atoms with Gasteiger partial charge in [-0.05, 0) is 24.1 Å². The number of nitrogens with two attached hydrogens (primary N) is 1. The van der Waals surface area contributed by atoms with Gasteiger partial charge >= 0.3 is 0 Å². The fourth-order valence-corrected chi connectivity index (χ4v) is 2.12. The molecule has 1 aromatic rings. The van der Waals surface area contributed by atoms with E-state index in [0.29, 0.717) is 12.2 Å². The van der Waals surface area contributed by atoms with Gasteiger partial charge in [-0.2, -0.15) is 0 Å². The van der Waals surface area contributed by atoms with E-state index in [1.165, 1.54) is 6.07 Å². The van der Waals surface area contributed by atoms with Gasteiger partial charge in [-0.25, -0.2) is 0 Å². The highest BCUT2D eigenvalue weighted by atomic mass is 16.6. The molecule has 6 nitrogen and oxygen atoms in total. The summed E-state index contributed by atoms with van der Waals surface area (Å²) >= 11 is 0. The molecule has 1 aromatic carbocycles. The second-order valence-corrected chi connectivity index (χ2v) is 5.98. The van der Waals surface area contributed by atoms with E-state index >= 15 is 0 Å². The molecule has 3 N–H and O–H groups in total. The van der Waals surface area contributed by atoms with Crippen LogP contribution in [0.2, 0.25) is 0 Å². The number of nitrogens with zero attached hydrogens (tertiary/aromatic N) is 2.